The lowest BCUT2D eigenvalue weighted by atomic mass is 9.78. The van der Waals surface area contributed by atoms with Gasteiger partial charge in [0.15, 0.2) is 11.6 Å². The molecule has 0 unspecified atom stereocenters. The largest absolute Gasteiger partial charge is 0.355 e. The highest BCUT2D eigenvalue weighted by Crippen LogP contribution is 2.41. The van der Waals surface area contributed by atoms with Crippen LogP contribution in [0.1, 0.15) is 134 Å². The number of ketones is 2. The number of hydrogen-bond donors (Lipinski definition) is 2. The highest BCUT2D eigenvalue weighted by Gasteiger charge is 2.28. The van der Waals surface area contributed by atoms with Crippen LogP contribution in [0.15, 0.2) is 83.9 Å². The minimum atomic E-state index is -0.430. The van der Waals surface area contributed by atoms with Crippen LogP contribution < -0.4 is 0 Å². The van der Waals surface area contributed by atoms with Crippen LogP contribution in [0.2, 0.25) is 0 Å². The van der Waals surface area contributed by atoms with Gasteiger partial charge in [0.1, 0.15) is 0 Å². The minimum absolute atomic E-state index is 0.115. The van der Waals surface area contributed by atoms with Crippen molar-refractivity contribution in [2.24, 2.45) is 0 Å². The van der Waals surface area contributed by atoms with Crippen LogP contribution in [0, 0.1) is 0 Å². The maximum absolute atomic E-state index is 13.9. The lowest BCUT2D eigenvalue weighted by Gasteiger charge is -2.26. The fraction of sp³-hybridized carbons (Fsp3) is 0.296. The van der Waals surface area contributed by atoms with Gasteiger partial charge in [0.05, 0.1) is 27.8 Å². The van der Waals surface area contributed by atoms with Crippen molar-refractivity contribution >= 4 is 75.1 Å². The van der Waals surface area contributed by atoms with Crippen LogP contribution in [0.3, 0.4) is 0 Å². The number of allylic oxidation sites excluding steroid dienone is 4. The number of hydrogen-bond acceptors (Lipinski definition) is 4. The lowest BCUT2D eigenvalue weighted by Crippen LogP contribution is -2.16. The van der Waals surface area contributed by atoms with E-state index in [2.05, 4.69) is 160 Å². The van der Waals surface area contributed by atoms with Crippen molar-refractivity contribution in [3.63, 3.8) is 0 Å². The van der Waals surface area contributed by atoms with E-state index >= 15 is 0 Å². The van der Waals surface area contributed by atoms with Crippen LogP contribution in [0.5, 0.6) is 0 Å². The molecule has 0 amide bonds. The third-order valence-corrected chi connectivity index (χ3v) is 12.1. The maximum Gasteiger partial charge on any atom is 0.198 e. The molecular formula is C54H55ClN4O2. The van der Waals surface area contributed by atoms with E-state index in [0.717, 1.165) is 55.9 Å². The summed E-state index contributed by atoms with van der Waals surface area (Å²) in [5.74, 6) is -0.796. The number of fused-ring (bicyclic) bond motifs is 8. The summed E-state index contributed by atoms with van der Waals surface area (Å²) in [4.78, 5) is 45.2. The summed E-state index contributed by atoms with van der Waals surface area (Å²) >= 11 is 6.26. The van der Waals surface area contributed by atoms with E-state index in [4.69, 9.17) is 21.6 Å². The van der Waals surface area contributed by atoms with E-state index in [1.807, 2.05) is 24.3 Å². The first-order valence-electron chi connectivity index (χ1n) is 21.1. The average molecular weight is 828 g/mol. The second kappa shape index (κ2) is 14.7. The summed E-state index contributed by atoms with van der Waals surface area (Å²) < 4.78 is 0. The number of aromatic nitrogens is 4. The molecule has 7 heteroatoms. The summed E-state index contributed by atoms with van der Waals surface area (Å²) in [6.45, 7) is 26.8. The Labute approximate surface area is 364 Å². The number of H-pyrrole nitrogens is 2. The Morgan fingerprint density at radius 1 is 0.459 bits per heavy atom. The smallest absolute Gasteiger partial charge is 0.198 e. The molecule has 310 valence electrons. The normalized spacial score (nSPS) is 14.8. The standard InChI is InChI=1S/C54H55ClN4O2/c1-51(2,3)32-21-30(22-33(25-32)52(4,5)6)48-40-15-13-36(56-40)27-37-14-16-41(57-37)49(31-23-34(53(7,8)9)26-35(24-31)54(10,11)12)43-18-20-45(59-43)50(44-19-17-42(48)58-44)38-28-47(61)39(55)29-46(38)60/h13-29,56,59H,1-12H3. The molecule has 5 heterocycles. The van der Waals surface area contributed by atoms with Crippen molar-refractivity contribution in [3.05, 3.63) is 135 Å². The Morgan fingerprint density at radius 2 is 0.885 bits per heavy atom. The second-order valence-electron chi connectivity index (χ2n) is 20.7. The van der Waals surface area contributed by atoms with Crippen LogP contribution in [0.4, 0.5) is 0 Å². The molecule has 0 spiro atoms. The Morgan fingerprint density at radius 3 is 1.39 bits per heavy atom. The molecular weight excluding hydrogens is 772 g/mol. The highest BCUT2D eigenvalue weighted by molar-refractivity contribution is 6.51. The fourth-order valence-corrected chi connectivity index (χ4v) is 8.19. The Bertz CT molecular complexity index is 2850. The monoisotopic (exact) mass is 826 g/mol. The topological polar surface area (TPSA) is 91.5 Å². The van der Waals surface area contributed by atoms with Gasteiger partial charge in [-0.3, -0.25) is 9.59 Å². The summed E-state index contributed by atoms with van der Waals surface area (Å²) in [6, 6.07) is 24.0. The molecule has 0 radical (unpaired) electrons. The first-order valence-corrected chi connectivity index (χ1v) is 21.5. The van der Waals surface area contributed by atoms with Gasteiger partial charge >= 0.3 is 0 Å². The zero-order chi connectivity index (χ0) is 44.0. The molecule has 2 N–H and O–H groups in total. The van der Waals surface area contributed by atoms with Crippen molar-refractivity contribution in [2.75, 3.05) is 0 Å². The van der Waals surface area contributed by atoms with Gasteiger partial charge in [-0.15, -0.1) is 0 Å². The van der Waals surface area contributed by atoms with Gasteiger partial charge < -0.3 is 9.97 Å². The number of carbonyl (C=O) groups excluding carboxylic acids is 2. The molecule has 2 aliphatic heterocycles. The fourth-order valence-electron chi connectivity index (χ4n) is 8.04. The SMILES string of the molecule is CC(C)(C)c1cc(-c2c3nc(c(C4=CC(=O)C(Cl)=CC4=O)c4ccc([nH]4)c(-c4cc(C(C)(C)C)cc(C(C)(C)C)c4)c4nc(cc5ccc2[nH]5)C=C4)C=C3)cc(C(C)(C)C)c1. The van der Waals surface area contributed by atoms with Crippen molar-refractivity contribution in [3.8, 4) is 22.3 Å². The van der Waals surface area contributed by atoms with Gasteiger partial charge in [-0.25, -0.2) is 9.97 Å². The van der Waals surface area contributed by atoms with E-state index in [-0.39, 0.29) is 38.0 Å². The van der Waals surface area contributed by atoms with Gasteiger partial charge in [-0.2, -0.15) is 0 Å². The van der Waals surface area contributed by atoms with Gasteiger partial charge in [0.25, 0.3) is 0 Å². The molecule has 61 heavy (non-hydrogen) atoms. The lowest BCUT2D eigenvalue weighted by molar-refractivity contribution is -0.113. The minimum Gasteiger partial charge on any atom is -0.355 e. The van der Waals surface area contributed by atoms with Crippen molar-refractivity contribution in [2.45, 2.75) is 105 Å². The summed E-state index contributed by atoms with van der Waals surface area (Å²) in [6.07, 6.45) is 10.6. The van der Waals surface area contributed by atoms with Gasteiger partial charge in [-0.05, 0) is 116 Å². The molecule has 0 fully saturated rings. The molecule has 3 aliphatic rings. The van der Waals surface area contributed by atoms with Crippen LogP contribution >= 0.6 is 11.6 Å². The quantitative estimate of drug-likeness (QED) is 0.174. The molecule has 3 aromatic heterocycles. The molecule has 5 aromatic rings. The van der Waals surface area contributed by atoms with E-state index < -0.39 is 5.78 Å². The number of nitrogens with one attached hydrogen (secondary N) is 2. The zero-order valence-electron chi connectivity index (χ0n) is 37.4. The summed E-state index contributed by atoms with van der Waals surface area (Å²) in [5, 5.41) is -0.115. The van der Waals surface area contributed by atoms with Crippen LogP contribution in [-0.2, 0) is 31.2 Å². The number of halogens is 1. The van der Waals surface area contributed by atoms with E-state index in [0.29, 0.717) is 16.8 Å². The predicted molar refractivity (Wildman–Crippen MR) is 256 cm³/mol. The molecule has 0 saturated carbocycles. The molecule has 0 saturated heterocycles. The third-order valence-electron chi connectivity index (χ3n) is 11.8. The molecule has 2 aromatic carbocycles. The molecule has 8 rings (SSSR count). The van der Waals surface area contributed by atoms with Gasteiger partial charge in [0.2, 0.25) is 0 Å². The highest BCUT2D eigenvalue weighted by atomic mass is 35.5. The molecule has 0 atom stereocenters. The summed E-state index contributed by atoms with van der Waals surface area (Å²) in [7, 11) is 0. The average Bonchev–Trinajstić information content (AvgIpc) is 4.00. The van der Waals surface area contributed by atoms with Crippen molar-refractivity contribution in [1.82, 2.24) is 19.9 Å². The first-order chi connectivity index (χ1) is 28.4. The first kappa shape index (κ1) is 41.9. The number of nitrogens with zero attached hydrogens (tertiary/aromatic N) is 2. The zero-order valence-corrected chi connectivity index (χ0v) is 38.2. The van der Waals surface area contributed by atoms with Gasteiger partial charge in [0, 0.05) is 50.4 Å². The molecule has 8 bridgehead atoms. The van der Waals surface area contributed by atoms with E-state index in [1.165, 1.54) is 34.4 Å². The number of aromatic amines is 2. The van der Waals surface area contributed by atoms with Gasteiger partial charge in [-0.1, -0.05) is 131 Å². The molecule has 1 aliphatic carbocycles. The second-order valence-corrected chi connectivity index (χ2v) is 21.1. The summed E-state index contributed by atoms with van der Waals surface area (Å²) in [5.41, 5.74) is 15.2. The number of carbonyl (C=O) groups is 2. The molecule has 6 nitrogen and oxygen atoms in total. The van der Waals surface area contributed by atoms with E-state index in [1.54, 1.807) is 0 Å². The van der Waals surface area contributed by atoms with Crippen molar-refractivity contribution in [1.29, 1.82) is 0 Å². The maximum atomic E-state index is 13.9. The third kappa shape index (κ3) is 8.18. The Hall–Kier alpha value is -5.85. The Balaban J connectivity index is 1.54. The number of benzene rings is 2. The van der Waals surface area contributed by atoms with Crippen molar-refractivity contribution < 1.29 is 9.59 Å². The van der Waals surface area contributed by atoms with E-state index in [9.17, 15) is 9.59 Å². The van der Waals surface area contributed by atoms with Crippen LogP contribution in [-0.4, -0.2) is 31.5 Å². The number of rotatable bonds is 3. The Kier molecular flexibility index (Phi) is 10.1. The predicted octanol–water partition coefficient (Wildman–Crippen LogP) is 13.8. The van der Waals surface area contributed by atoms with Crippen LogP contribution in [0.25, 0.3) is 74.2 Å².